The quantitative estimate of drug-likeness (QED) is 0.929. The molecule has 0 unspecified atom stereocenters. The minimum Gasteiger partial charge on any atom is -0.480 e. The summed E-state index contributed by atoms with van der Waals surface area (Å²) in [5.74, 6) is -4.77. The zero-order valence-electron chi connectivity index (χ0n) is 11.5. The number of anilines is 1. The molecule has 1 saturated carbocycles. The number of hydrogen-bond acceptors (Lipinski definition) is 2. The summed E-state index contributed by atoms with van der Waals surface area (Å²) in [5.41, 5.74) is 0.474. The number of carboxylic acids is 1. The summed E-state index contributed by atoms with van der Waals surface area (Å²) in [6.45, 7) is -0.463. The van der Waals surface area contributed by atoms with Crippen LogP contribution in [-0.4, -0.2) is 29.5 Å². The van der Waals surface area contributed by atoms with Crippen molar-refractivity contribution < 1.29 is 23.5 Å². The number of hydrogen-bond donors (Lipinski definition) is 1. The van der Waals surface area contributed by atoms with Gasteiger partial charge >= 0.3 is 5.97 Å². The molecule has 4 nitrogen and oxygen atoms in total. The summed E-state index contributed by atoms with van der Waals surface area (Å²) in [6, 6.07) is 8.43. The summed E-state index contributed by atoms with van der Waals surface area (Å²) < 4.78 is 26.3. The summed E-state index contributed by atoms with van der Waals surface area (Å²) in [6.07, 6.45) is -0.457. The van der Waals surface area contributed by atoms with E-state index in [9.17, 15) is 18.4 Å². The van der Waals surface area contributed by atoms with Crippen molar-refractivity contribution in [3.63, 3.8) is 0 Å². The number of carbonyl (C=O) groups is 2. The Morgan fingerprint density at radius 3 is 2.29 bits per heavy atom. The Bertz CT molecular complexity index is 509. The van der Waals surface area contributed by atoms with Gasteiger partial charge in [0.15, 0.2) is 0 Å². The Kier molecular flexibility index (Phi) is 4.55. The minimum atomic E-state index is -2.71. The summed E-state index contributed by atoms with van der Waals surface area (Å²) >= 11 is 0. The molecule has 1 aliphatic rings. The fourth-order valence-corrected chi connectivity index (χ4v) is 2.55. The van der Waals surface area contributed by atoms with Crippen molar-refractivity contribution in [2.45, 2.75) is 31.6 Å². The lowest BCUT2D eigenvalue weighted by atomic mass is 9.85. The first-order valence-electron chi connectivity index (χ1n) is 6.85. The standard InChI is InChI=1S/C15H17F2NO3/c16-15(17)8-6-11(7-9-15)14(21)18(10-13(19)20)12-4-2-1-3-5-12/h1-5,11H,6-10H2,(H,19,20). The fraction of sp³-hybridized carbons (Fsp3) is 0.467. The molecule has 2 rings (SSSR count). The van der Waals surface area contributed by atoms with E-state index in [1.807, 2.05) is 0 Å². The third-order valence-electron chi connectivity index (χ3n) is 3.69. The van der Waals surface area contributed by atoms with Gasteiger partial charge in [-0.05, 0) is 25.0 Å². The van der Waals surface area contributed by atoms with Crippen molar-refractivity contribution >= 4 is 17.6 Å². The van der Waals surface area contributed by atoms with Crippen LogP contribution in [0.1, 0.15) is 25.7 Å². The number of rotatable bonds is 4. The van der Waals surface area contributed by atoms with Gasteiger partial charge in [0.25, 0.3) is 0 Å². The van der Waals surface area contributed by atoms with E-state index in [1.54, 1.807) is 30.3 Å². The van der Waals surface area contributed by atoms with E-state index < -0.39 is 24.4 Å². The van der Waals surface area contributed by atoms with Gasteiger partial charge in [-0.1, -0.05) is 18.2 Å². The van der Waals surface area contributed by atoms with Gasteiger partial charge in [-0.3, -0.25) is 9.59 Å². The van der Waals surface area contributed by atoms with E-state index in [-0.39, 0.29) is 31.6 Å². The van der Waals surface area contributed by atoms with Crippen molar-refractivity contribution in [3.8, 4) is 0 Å². The lowest BCUT2D eigenvalue weighted by molar-refractivity contribution is -0.137. The molecule has 1 aromatic carbocycles. The van der Waals surface area contributed by atoms with Crippen molar-refractivity contribution in [1.29, 1.82) is 0 Å². The van der Waals surface area contributed by atoms with E-state index in [0.717, 1.165) is 4.90 Å². The molecule has 1 N–H and O–H groups in total. The molecule has 21 heavy (non-hydrogen) atoms. The Balaban J connectivity index is 2.14. The average Bonchev–Trinajstić information content (AvgIpc) is 2.45. The van der Waals surface area contributed by atoms with E-state index in [0.29, 0.717) is 5.69 Å². The highest BCUT2D eigenvalue weighted by atomic mass is 19.3. The normalized spacial score (nSPS) is 18.2. The maximum Gasteiger partial charge on any atom is 0.323 e. The molecule has 1 aromatic rings. The van der Waals surface area contributed by atoms with E-state index >= 15 is 0 Å². The number of carbonyl (C=O) groups excluding carboxylic acids is 1. The van der Waals surface area contributed by atoms with Crippen LogP contribution in [-0.2, 0) is 9.59 Å². The van der Waals surface area contributed by atoms with Crippen molar-refractivity contribution in [2.75, 3.05) is 11.4 Å². The topological polar surface area (TPSA) is 57.6 Å². The molecule has 0 saturated heterocycles. The molecule has 0 heterocycles. The van der Waals surface area contributed by atoms with Crippen LogP contribution in [0, 0.1) is 5.92 Å². The highest BCUT2D eigenvalue weighted by Crippen LogP contribution is 2.37. The second kappa shape index (κ2) is 6.20. The van der Waals surface area contributed by atoms with Crippen LogP contribution in [0.5, 0.6) is 0 Å². The van der Waals surface area contributed by atoms with Crippen molar-refractivity contribution in [3.05, 3.63) is 30.3 Å². The molecule has 0 aromatic heterocycles. The Morgan fingerprint density at radius 2 is 1.76 bits per heavy atom. The summed E-state index contributed by atoms with van der Waals surface area (Å²) in [4.78, 5) is 24.6. The van der Waals surface area contributed by atoms with Gasteiger partial charge in [0, 0.05) is 24.4 Å². The largest absolute Gasteiger partial charge is 0.480 e. The SMILES string of the molecule is O=C(O)CN(C(=O)C1CCC(F)(F)CC1)c1ccccc1. The van der Waals surface area contributed by atoms with Crippen LogP contribution in [0.15, 0.2) is 30.3 Å². The molecule has 6 heteroatoms. The number of benzene rings is 1. The highest BCUT2D eigenvalue weighted by molar-refractivity contribution is 5.98. The average molecular weight is 297 g/mol. The molecule has 114 valence electrons. The lowest BCUT2D eigenvalue weighted by Crippen LogP contribution is -2.42. The first-order valence-corrected chi connectivity index (χ1v) is 6.85. The van der Waals surface area contributed by atoms with E-state index in [4.69, 9.17) is 5.11 Å². The van der Waals surface area contributed by atoms with Gasteiger partial charge < -0.3 is 10.0 Å². The molecule has 0 spiro atoms. The predicted molar refractivity (Wildman–Crippen MR) is 73.3 cm³/mol. The third kappa shape index (κ3) is 4.00. The van der Waals surface area contributed by atoms with Crippen molar-refractivity contribution in [2.24, 2.45) is 5.92 Å². The molecule has 1 amide bonds. The first-order chi connectivity index (χ1) is 9.89. The number of nitrogens with zero attached hydrogens (tertiary/aromatic N) is 1. The monoisotopic (exact) mass is 297 g/mol. The molecule has 0 atom stereocenters. The Morgan fingerprint density at radius 1 is 1.19 bits per heavy atom. The number of aliphatic carboxylic acids is 1. The smallest absolute Gasteiger partial charge is 0.323 e. The van der Waals surface area contributed by atoms with E-state index in [2.05, 4.69) is 0 Å². The Labute approximate surface area is 121 Å². The zero-order chi connectivity index (χ0) is 15.5. The second-order valence-corrected chi connectivity index (χ2v) is 5.28. The number of amides is 1. The highest BCUT2D eigenvalue weighted by Gasteiger charge is 2.39. The van der Waals surface area contributed by atoms with Crippen LogP contribution in [0.25, 0.3) is 0 Å². The lowest BCUT2D eigenvalue weighted by Gasteiger charge is -2.31. The number of alkyl halides is 2. The van der Waals surface area contributed by atoms with Gasteiger partial charge in [-0.15, -0.1) is 0 Å². The molecule has 0 radical (unpaired) electrons. The second-order valence-electron chi connectivity index (χ2n) is 5.28. The molecule has 0 bridgehead atoms. The zero-order valence-corrected chi connectivity index (χ0v) is 11.5. The molecular weight excluding hydrogens is 280 g/mol. The molecule has 0 aliphatic heterocycles. The fourth-order valence-electron chi connectivity index (χ4n) is 2.55. The van der Waals surface area contributed by atoms with Crippen LogP contribution >= 0.6 is 0 Å². The summed E-state index contributed by atoms with van der Waals surface area (Å²) in [7, 11) is 0. The van der Waals surface area contributed by atoms with Gasteiger partial charge in [-0.25, -0.2) is 8.78 Å². The molecular formula is C15H17F2NO3. The van der Waals surface area contributed by atoms with Crippen LogP contribution < -0.4 is 4.90 Å². The Hall–Kier alpha value is -1.98. The van der Waals surface area contributed by atoms with Gasteiger partial charge in [0.1, 0.15) is 6.54 Å². The number of halogens is 2. The maximum absolute atomic E-state index is 13.2. The molecule has 1 aliphatic carbocycles. The number of carboxylic acid groups (broad SMARTS) is 1. The molecule has 1 fully saturated rings. The van der Waals surface area contributed by atoms with Crippen LogP contribution in [0.3, 0.4) is 0 Å². The number of para-hydroxylation sites is 1. The van der Waals surface area contributed by atoms with Gasteiger partial charge in [0.05, 0.1) is 0 Å². The first kappa shape index (κ1) is 15.4. The van der Waals surface area contributed by atoms with Gasteiger partial charge in [-0.2, -0.15) is 0 Å². The summed E-state index contributed by atoms with van der Waals surface area (Å²) in [5, 5.41) is 8.96. The van der Waals surface area contributed by atoms with Gasteiger partial charge in [0.2, 0.25) is 11.8 Å². The minimum absolute atomic E-state index is 0.0920. The van der Waals surface area contributed by atoms with E-state index in [1.165, 1.54) is 0 Å². The predicted octanol–water partition coefficient (Wildman–Crippen LogP) is 2.93. The maximum atomic E-state index is 13.2. The van der Waals surface area contributed by atoms with Crippen LogP contribution in [0.2, 0.25) is 0 Å². The van der Waals surface area contributed by atoms with Crippen LogP contribution in [0.4, 0.5) is 14.5 Å². The third-order valence-corrected chi connectivity index (χ3v) is 3.69. The van der Waals surface area contributed by atoms with Crippen molar-refractivity contribution in [1.82, 2.24) is 0 Å².